The number of aromatic nitrogens is 1. The van der Waals surface area contributed by atoms with Gasteiger partial charge in [0, 0.05) is 162 Å². The summed E-state index contributed by atoms with van der Waals surface area (Å²) in [5.41, 5.74) is 22.7. The summed E-state index contributed by atoms with van der Waals surface area (Å²) in [4.78, 5) is 16.9. The minimum absolute atomic E-state index is 0.221. The molecule has 0 radical (unpaired) electrons. The van der Waals surface area contributed by atoms with Gasteiger partial charge in [-0.05, 0) is 251 Å². The Bertz CT molecular complexity index is 10100. The average molecular weight is 1930 g/mol. The first-order chi connectivity index (χ1) is 76.5. The highest BCUT2D eigenvalue weighted by atomic mass is 32.1. The Balaban J connectivity index is 0.000000158. The van der Waals surface area contributed by atoms with Gasteiger partial charge in [0.2, 0.25) is 0 Å². The molecule has 0 atom stereocenters. The molecule has 0 fully saturated rings. The van der Waals surface area contributed by atoms with Gasteiger partial charge in [0.1, 0.15) is 0 Å². The second-order valence-corrected chi connectivity index (χ2v) is 39.1. The highest BCUT2D eigenvalue weighted by Crippen LogP contribution is 2.55. The lowest BCUT2D eigenvalue weighted by molar-refractivity contribution is 1.18. The molecule has 0 aliphatic rings. The molecule has 146 heavy (non-hydrogen) atoms. The largest absolute Gasteiger partial charge is 0.310 e. The third-order valence-corrected chi connectivity index (χ3v) is 30.7. The van der Waals surface area contributed by atoms with Crippen LogP contribution in [0, 0.1) is 6.57 Å². The molecule has 11 heteroatoms. The van der Waals surface area contributed by atoms with E-state index in [4.69, 9.17) is 20.3 Å². The Morgan fingerprint density at radius 3 is 1.03 bits per heavy atom. The zero-order valence-electron chi connectivity index (χ0n) is 88.5. The van der Waals surface area contributed by atoms with Crippen molar-refractivity contribution in [1.82, 2.24) is 4.57 Å². The van der Waals surface area contributed by atoms with E-state index >= 15 is 0 Å². The molecule has 0 saturated carbocycles. The number of fused-ring (bicyclic) bond motifs is 14. The van der Waals surface area contributed by atoms with Gasteiger partial charge in [0.25, 0.3) is 0 Å². The normalized spacial score (nSPS) is 12.4. The second-order valence-electron chi connectivity index (χ2n) is 35.8. The maximum Gasteiger partial charge on any atom is 0.189 e. The molecular formula is C135H90N8S3. The van der Waals surface area contributed by atoms with E-state index in [1.165, 1.54) is 78.8 Å². The van der Waals surface area contributed by atoms with E-state index < -0.39 is 60.4 Å². The molecule has 0 saturated heterocycles. The lowest BCUT2D eigenvalue weighted by atomic mass is 9.98. The smallest absolute Gasteiger partial charge is 0.189 e. The van der Waals surface area contributed by atoms with E-state index in [1.54, 1.807) is 12.1 Å². The molecule has 27 rings (SSSR count). The van der Waals surface area contributed by atoms with Crippen molar-refractivity contribution < 1.29 is 13.7 Å². The SMILES string of the molecule is [2H]c1c([2H])c([2H])c(N(c2ccc3c(c2)sc2ccc(N(c4ccc5c6ccc([N+]#[C-])cc6n(-c6ccccc6)c5c4)c4cc5ccccc5cc4N(c4ccccc4)c4ccc5ccccc5c4)cc23)c2c([2H])c([2H])c([2H])c([2H])c2[2H])c([2H])c1[2H].c1ccc(-c2ccccc2N(c2ccc3c(c2)sc2ccc(N(c4ccc5c(c4)sc4ccccc45)c4ccccc4N(c4ccccc4)c4ccccc4)cc23)c2ccccc2-c2ccccc2)cc1. The zero-order valence-corrected chi connectivity index (χ0v) is 80.9. The summed E-state index contributed by atoms with van der Waals surface area (Å²) in [6.07, 6.45) is 0. The molecular weight excluding hydrogens is 1830 g/mol. The van der Waals surface area contributed by atoms with Crippen LogP contribution in [0.25, 0.3) is 137 Å². The van der Waals surface area contributed by atoms with Crippen molar-refractivity contribution in [3.8, 4) is 27.9 Å². The lowest BCUT2D eigenvalue weighted by Gasteiger charge is -2.34. The first-order valence-corrected chi connectivity index (χ1v) is 50.8. The van der Waals surface area contributed by atoms with Crippen molar-refractivity contribution in [2.45, 2.75) is 0 Å². The molecule has 0 amide bonds. The van der Waals surface area contributed by atoms with Crippen LogP contribution in [0.2, 0.25) is 0 Å². The van der Waals surface area contributed by atoms with Gasteiger partial charge in [0.05, 0.1) is 59.9 Å². The molecule has 0 bridgehead atoms. The highest BCUT2D eigenvalue weighted by molar-refractivity contribution is 7.26. The minimum Gasteiger partial charge on any atom is -0.310 e. The van der Waals surface area contributed by atoms with Crippen LogP contribution in [0.3, 0.4) is 0 Å². The molecule has 0 aliphatic heterocycles. The van der Waals surface area contributed by atoms with Gasteiger partial charge < -0.3 is 34.0 Å². The summed E-state index contributed by atoms with van der Waals surface area (Å²) in [5.74, 6) is 0. The number of rotatable bonds is 21. The van der Waals surface area contributed by atoms with Crippen LogP contribution >= 0.6 is 34.0 Å². The van der Waals surface area contributed by atoms with Crippen LogP contribution < -0.4 is 29.4 Å². The fourth-order valence-electron chi connectivity index (χ4n) is 20.7. The van der Waals surface area contributed by atoms with E-state index in [0.29, 0.717) is 5.69 Å². The van der Waals surface area contributed by atoms with Crippen LogP contribution in [-0.2, 0) is 0 Å². The molecule has 4 heterocycles. The topological polar surface area (TPSA) is 28.7 Å². The minimum atomic E-state index is -0.637. The van der Waals surface area contributed by atoms with Crippen LogP contribution in [0.4, 0.5) is 108 Å². The fraction of sp³-hybridized carbons (Fsp3) is 0. The first-order valence-electron chi connectivity index (χ1n) is 53.4. The third kappa shape index (κ3) is 16.2. The molecule has 688 valence electrons. The quantitative estimate of drug-likeness (QED) is 0.0666. The van der Waals surface area contributed by atoms with E-state index in [0.717, 1.165) is 155 Å². The Hall–Kier alpha value is -18.7. The summed E-state index contributed by atoms with van der Waals surface area (Å²) in [6, 6.07) is 165. The summed E-state index contributed by atoms with van der Waals surface area (Å²) in [5, 5.41) is 13.0. The number of hydrogen-bond acceptors (Lipinski definition) is 9. The van der Waals surface area contributed by atoms with Crippen LogP contribution in [-0.4, -0.2) is 4.57 Å². The predicted molar refractivity (Wildman–Crippen MR) is 626 cm³/mol. The van der Waals surface area contributed by atoms with Crippen molar-refractivity contribution in [3.63, 3.8) is 0 Å². The summed E-state index contributed by atoms with van der Waals surface area (Å²) in [7, 11) is 0. The maximum absolute atomic E-state index is 9.09. The Kier molecular flexibility index (Phi) is 20.1. The number of benzene rings is 23. The van der Waals surface area contributed by atoms with Gasteiger partial charge in [0.15, 0.2) is 5.69 Å². The number of anilines is 18. The number of hydrogen-bond donors (Lipinski definition) is 0. The molecule has 0 N–H and O–H groups in total. The first kappa shape index (κ1) is 77.1. The summed E-state index contributed by atoms with van der Waals surface area (Å²) < 4.78 is 96.6. The van der Waals surface area contributed by atoms with Crippen molar-refractivity contribution in [1.29, 1.82) is 0 Å². The van der Waals surface area contributed by atoms with Crippen LogP contribution in [0.1, 0.15) is 13.7 Å². The molecule has 8 nitrogen and oxygen atoms in total. The van der Waals surface area contributed by atoms with Crippen molar-refractivity contribution in [2.75, 3.05) is 29.4 Å². The van der Waals surface area contributed by atoms with Crippen LogP contribution in [0.15, 0.2) is 546 Å². The predicted octanol–water partition coefficient (Wildman–Crippen LogP) is 40.6. The standard InChI is InChI=1S/C69H45N5S.C66H45N3S2/c1-70-51-31-36-60-61-37-33-58(45-65(61)74(64(60)43-51)55-28-12-5-13-29-55)73(57-35-39-68-63(44-57)62-38-34-59(46-69(62)75-68)71(52-22-6-2-7-23-52)53-24-8-3-9-25-53)67-42-50-21-17-16-20-49(50)41-66(67)72(54-26-10-4-11-27-54)56-32-30-47-18-14-15-19-48(47)40-56;1-5-21-46(22-6-1)53-29-13-16-32-59(53)69(60-33-17-14-30-54(60)47-23-7-2-8-24-47)52-38-41-57-58-43-50(39-42-64(58)71-66(57)45-52)68(51-37-40-56-55-31-15-20-36-63(55)70-65(56)44-51)62-35-19-18-34-61(62)67(48-25-9-3-10-26-48)49-27-11-4-12-28-49/h2-46H;1-45H/i2D,3D,6D,7D,8D,9D,22D,23D,24D,25D;. The van der Waals surface area contributed by atoms with Crippen molar-refractivity contribution >= 4 is 246 Å². The molecule has 0 spiro atoms. The van der Waals surface area contributed by atoms with Gasteiger partial charge in [-0.1, -0.05) is 327 Å². The number of thiophene rings is 3. The number of nitrogens with zero attached hydrogens (tertiary/aromatic N) is 8. The third-order valence-electron chi connectivity index (χ3n) is 27.3. The molecule has 4 aromatic heterocycles. The van der Waals surface area contributed by atoms with Gasteiger partial charge in [-0.25, -0.2) is 4.85 Å². The average Bonchev–Trinajstić information content (AvgIpc) is 1.45. The number of para-hydroxylation sites is 10. The van der Waals surface area contributed by atoms with Crippen molar-refractivity contribution in [3.05, 3.63) is 557 Å². The molecule has 27 aromatic rings. The molecule has 23 aromatic carbocycles. The van der Waals surface area contributed by atoms with E-state index in [-0.39, 0.29) is 17.1 Å². The molecule has 0 aliphatic carbocycles. The van der Waals surface area contributed by atoms with E-state index in [9.17, 15) is 0 Å². The van der Waals surface area contributed by atoms with Gasteiger partial charge >= 0.3 is 0 Å². The maximum atomic E-state index is 9.09. The van der Waals surface area contributed by atoms with Crippen molar-refractivity contribution in [2.24, 2.45) is 0 Å². The summed E-state index contributed by atoms with van der Waals surface area (Å²) in [6.45, 7) is 7.99. The Labute approximate surface area is 872 Å². The van der Waals surface area contributed by atoms with Gasteiger partial charge in [-0.15, -0.1) is 34.0 Å². The molecule has 0 unspecified atom stereocenters. The Morgan fingerprint density at radius 2 is 0.527 bits per heavy atom. The zero-order chi connectivity index (χ0) is 106. The van der Waals surface area contributed by atoms with Gasteiger partial charge in [-0.2, -0.15) is 0 Å². The monoisotopic (exact) mass is 1930 g/mol. The highest BCUT2D eigenvalue weighted by Gasteiger charge is 2.30. The fourth-order valence-corrected chi connectivity index (χ4v) is 24.1. The summed E-state index contributed by atoms with van der Waals surface area (Å²) >= 11 is 5.17. The van der Waals surface area contributed by atoms with Crippen LogP contribution in [0.5, 0.6) is 0 Å². The van der Waals surface area contributed by atoms with E-state index in [2.05, 4.69) is 434 Å². The lowest BCUT2D eigenvalue weighted by Crippen LogP contribution is -2.17. The van der Waals surface area contributed by atoms with Gasteiger partial charge in [-0.3, -0.25) is 0 Å². The second kappa shape index (κ2) is 38.1. The van der Waals surface area contributed by atoms with E-state index in [1.807, 2.05) is 95.5 Å². The Morgan fingerprint density at radius 1 is 0.199 bits per heavy atom.